The number of carbonyl (C=O) groups excluding carboxylic acids is 1. The van der Waals surface area contributed by atoms with Gasteiger partial charge >= 0.3 is 11.8 Å². The van der Waals surface area contributed by atoms with Crippen LogP contribution >= 0.6 is 23.2 Å². The monoisotopic (exact) mass is 272 g/mol. The molecule has 1 nitrogen and oxygen atoms in total. The van der Waals surface area contributed by atoms with Crippen molar-refractivity contribution in [2.75, 3.05) is 0 Å². The number of hydrogen-bond acceptors (Lipinski definition) is 1. The molecule has 0 saturated carbocycles. The Morgan fingerprint density at radius 2 is 1.40 bits per heavy atom. The van der Waals surface area contributed by atoms with E-state index in [1.54, 1.807) is 0 Å². The van der Waals surface area contributed by atoms with Crippen LogP contribution in [-0.2, 0) is 4.79 Å². The maximum absolute atomic E-state index is 12.9. The van der Waals surface area contributed by atoms with E-state index in [0.717, 1.165) is 0 Å². The van der Waals surface area contributed by atoms with Gasteiger partial charge in [0.25, 0.3) is 10.9 Å². The van der Waals surface area contributed by atoms with Crippen LogP contribution < -0.4 is 0 Å². The minimum atomic E-state index is -5.58. The molecule has 15 heavy (non-hydrogen) atoms. The molecule has 0 spiro atoms. The van der Waals surface area contributed by atoms with Gasteiger partial charge in [-0.15, -0.1) is 0 Å². The first-order valence-electron chi connectivity index (χ1n) is 3.22. The fraction of sp³-hybridized carbons (Fsp3) is 0.500. The molecule has 86 valence electrons. The molecule has 9 heteroatoms. The second-order valence-corrected chi connectivity index (χ2v) is 3.58. The number of hydrogen-bond donors (Lipinski definition) is 0. The molecule has 0 amide bonds. The maximum atomic E-state index is 12.9. The highest BCUT2D eigenvalue weighted by Crippen LogP contribution is 2.53. The van der Waals surface area contributed by atoms with Gasteiger partial charge in [0.15, 0.2) is 5.83 Å². The molecule has 0 heterocycles. The molecule has 1 rings (SSSR count). The zero-order valence-electron chi connectivity index (χ0n) is 6.43. The number of rotatable bonds is 0. The molecule has 1 aliphatic rings. The molecule has 0 aromatic heterocycles. The molecule has 0 aromatic rings. The maximum Gasteiger partial charge on any atom is 0.378 e. The Balaban J connectivity index is 3.55. The number of allylic oxidation sites excluding steroid dienone is 2. The normalized spacial score (nSPS) is 34.5. The summed E-state index contributed by atoms with van der Waals surface area (Å²) in [7, 11) is 0. The van der Waals surface area contributed by atoms with E-state index in [1.807, 2.05) is 0 Å². The van der Waals surface area contributed by atoms with Crippen molar-refractivity contribution in [2.24, 2.45) is 0 Å². The minimum Gasteiger partial charge on any atom is -0.287 e. The molecule has 0 N–H and O–H groups in total. The zero-order valence-corrected chi connectivity index (χ0v) is 7.94. The first-order valence-corrected chi connectivity index (χ1v) is 3.97. The Bertz CT molecular complexity index is 361. The molecule has 0 radical (unpaired) electrons. The van der Waals surface area contributed by atoms with E-state index in [0.29, 0.717) is 0 Å². The molecule has 0 aliphatic heterocycles. The average Bonchev–Trinajstić information content (AvgIpc) is 2.12. The lowest BCUT2D eigenvalue weighted by Gasteiger charge is -2.33. The summed E-state index contributed by atoms with van der Waals surface area (Å²) in [6.45, 7) is 0. The SMILES string of the molecule is O=C1C(F)(Cl)C(Cl)=C(F)C(F)(F)C1(F)F. The Hall–Kier alpha value is -0.430. The van der Waals surface area contributed by atoms with Gasteiger partial charge in [0, 0.05) is 0 Å². The Labute approximate surface area is 88.6 Å². The van der Waals surface area contributed by atoms with Crippen LogP contribution in [0.25, 0.3) is 0 Å². The first-order chi connectivity index (χ1) is 6.47. The van der Waals surface area contributed by atoms with Crippen molar-refractivity contribution in [3.63, 3.8) is 0 Å². The minimum absolute atomic E-state index is 2.08. The van der Waals surface area contributed by atoms with Crippen LogP contribution in [0.2, 0.25) is 0 Å². The highest BCUT2D eigenvalue weighted by molar-refractivity contribution is 6.47. The summed E-state index contributed by atoms with van der Waals surface area (Å²) in [6, 6.07) is 0. The topological polar surface area (TPSA) is 17.1 Å². The largest absolute Gasteiger partial charge is 0.378 e. The molecular weight excluding hydrogens is 273 g/mol. The van der Waals surface area contributed by atoms with Crippen molar-refractivity contribution in [2.45, 2.75) is 17.0 Å². The highest BCUT2D eigenvalue weighted by Gasteiger charge is 2.75. The van der Waals surface area contributed by atoms with Crippen molar-refractivity contribution in [3.05, 3.63) is 10.9 Å². The van der Waals surface area contributed by atoms with E-state index in [1.165, 1.54) is 0 Å². The third-order valence-electron chi connectivity index (χ3n) is 1.71. The zero-order chi connectivity index (χ0) is 12.2. The molecule has 1 atom stereocenters. The highest BCUT2D eigenvalue weighted by atomic mass is 35.5. The van der Waals surface area contributed by atoms with Crippen LogP contribution in [0.1, 0.15) is 0 Å². The third-order valence-corrected chi connectivity index (χ3v) is 2.59. The van der Waals surface area contributed by atoms with E-state index in [4.69, 9.17) is 0 Å². The van der Waals surface area contributed by atoms with Gasteiger partial charge in [-0.3, -0.25) is 4.79 Å². The van der Waals surface area contributed by atoms with Gasteiger partial charge in [0.05, 0.1) is 0 Å². The van der Waals surface area contributed by atoms with Gasteiger partial charge in [-0.1, -0.05) is 23.2 Å². The van der Waals surface area contributed by atoms with Crippen LogP contribution in [0.15, 0.2) is 10.9 Å². The lowest BCUT2D eigenvalue weighted by Crippen LogP contribution is -2.58. The van der Waals surface area contributed by atoms with Gasteiger partial charge < -0.3 is 0 Å². The number of Topliss-reactive ketones (excluding diaryl/α,β-unsaturated/α-hetero) is 1. The van der Waals surface area contributed by atoms with E-state index in [2.05, 4.69) is 23.2 Å². The number of carbonyl (C=O) groups is 1. The fourth-order valence-electron chi connectivity index (χ4n) is 0.853. The Kier molecular flexibility index (Phi) is 2.56. The van der Waals surface area contributed by atoms with Gasteiger partial charge in [-0.25, -0.2) is 8.78 Å². The predicted molar refractivity (Wildman–Crippen MR) is 38.6 cm³/mol. The van der Waals surface area contributed by atoms with E-state index in [-0.39, 0.29) is 0 Å². The molecule has 0 bridgehead atoms. The molecule has 1 unspecified atom stereocenters. The smallest absolute Gasteiger partial charge is 0.287 e. The van der Waals surface area contributed by atoms with Crippen molar-refractivity contribution in [3.8, 4) is 0 Å². The van der Waals surface area contributed by atoms with Crippen LogP contribution in [0, 0.1) is 0 Å². The Morgan fingerprint density at radius 3 is 1.80 bits per heavy atom. The Morgan fingerprint density at radius 1 is 1.00 bits per heavy atom. The molecular formula is C6Cl2F6O. The van der Waals surface area contributed by atoms with Crippen molar-refractivity contribution in [1.29, 1.82) is 0 Å². The molecule has 0 aromatic carbocycles. The third kappa shape index (κ3) is 1.36. The summed E-state index contributed by atoms with van der Waals surface area (Å²) in [4.78, 5) is 10.5. The van der Waals surface area contributed by atoms with Crippen LogP contribution in [0.3, 0.4) is 0 Å². The van der Waals surface area contributed by atoms with Gasteiger partial charge in [-0.2, -0.15) is 17.6 Å². The lowest BCUT2D eigenvalue weighted by molar-refractivity contribution is -0.208. The van der Waals surface area contributed by atoms with Crippen molar-refractivity contribution >= 4 is 29.0 Å². The fourth-order valence-corrected chi connectivity index (χ4v) is 1.26. The van der Waals surface area contributed by atoms with Crippen molar-refractivity contribution < 1.29 is 31.1 Å². The molecule has 1 aliphatic carbocycles. The van der Waals surface area contributed by atoms with Crippen LogP contribution in [0.5, 0.6) is 0 Å². The van der Waals surface area contributed by atoms with Crippen LogP contribution in [0.4, 0.5) is 26.3 Å². The number of alkyl halides is 6. The lowest BCUT2D eigenvalue weighted by atomic mass is 9.95. The average molecular weight is 273 g/mol. The summed E-state index contributed by atoms with van der Waals surface area (Å²) in [5, 5.41) is -6.25. The molecule has 0 saturated heterocycles. The number of halogens is 8. The predicted octanol–water partition coefficient (Wildman–Crippen LogP) is 3.16. The summed E-state index contributed by atoms with van der Waals surface area (Å²) >= 11 is 9.15. The van der Waals surface area contributed by atoms with E-state index in [9.17, 15) is 31.1 Å². The van der Waals surface area contributed by atoms with Crippen molar-refractivity contribution in [1.82, 2.24) is 0 Å². The van der Waals surface area contributed by atoms with Gasteiger partial charge in [-0.05, 0) is 0 Å². The molecule has 0 fully saturated rings. The quantitative estimate of drug-likeness (QED) is 0.489. The van der Waals surface area contributed by atoms with Crippen LogP contribution in [-0.4, -0.2) is 22.8 Å². The number of ketones is 1. The summed E-state index contributed by atoms with van der Waals surface area (Å²) < 4.78 is 75.6. The van der Waals surface area contributed by atoms with E-state index >= 15 is 0 Å². The van der Waals surface area contributed by atoms with Gasteiger partial charge in [0.1, 0.15) is 5.03 Å². The van der Waals surface area contributed by atoms with Gasteiger partial charge in [0.2, 0.25) is 0 Å². The van der Waals surface area contributed by atoms with E-state index < -0.39 is 33.6 Å². The second kappa shape index (κ2) is 3.04. The second-order valence-electron chi connectivity index (χ2n) is 2.68. The standard InChI is InChI=1S/C6Cl2F6O/c7-1-2(9)5(11,12)6(13,14)3(15)4(1,8)10. The summed E-state index contributed by atoms with van der Waals surface area (Å²) in [5.41, 5.74) is 0. The first kappa shape index (κ1) is 12.6. The summed E-state index contributed by atoms with van der Waals surface area (Å²) in [5.74, 6) is -17.0. The summed E-state index contributed by atoms with van der Waals surface area (Å²) in [6.07, 6.45) is 0.